The van der Waals surface area contributed by atoms with Crippen LogP contribution in [0.2, 0.25) is 0 Å². The second kappa shape index (κ2) is 3.29. The zero-order valence-corrected chi connectivity index (χ0v) is 9.83. The molecule has 2 saturated carbocycles. The molecule has 2 N–H and O–H groups in total. The Morgan fingerprint density at radius 3 is 2.50 bits per heavy atom. The zero-order chi connectivity index (χ0) is 11.2. The summed E-state index contributed by atoms with van der Waals surface area (Å²) in [5.74, 6) is 1.56. The molecule has 16 heavy (non-hydrogen) atoms. The molecule has 2 fully saturated rings. The largest absolute Gasteiger partial charge is 0.339 e. The third-order valence-electron chi connectivity index (χ3n) is 4.35. The SMILES string of the molecule is CCC1(c2nc(C3(N)CCCC3)no2)CC1. The fraction of sp³-hybridized carbons (Fsp3) is 0.833. The molecule has 0 atom stereocenters. The van der Waals surface area contributed by atoms with Crippen LogP contribution < -0.4 is 5.73 Å². The lowest BCUT2D eigenvalue weighted by molar-refractivity contribution is 0.325. The molecule has 3 rings (SSSR count). The van der Waals surface area contributed by atoms with Gasteiger partial charge in [-0.05, 0) is 32.1 Å². The first kappa shape index (κ1) is 10.3. The molecule has 1 aromatic rings. The van der Waals surface area contributed by atoms with E-state index >= 15 is 0 Å². The van der Waals surface area contributed by atoms with Gasteiger partial charge < -0.3 is 10.3 Å². The minimum atomic E-state index is -0.314. The van der Waals surface area contributed by atoms with Crippen molar-refractivity contribution >= 4 is 0 Å². The van der Waals surface area contributed by atoms with Crippen LogP contribution in [0.25, 0.3) is 0 Å². The second-order valence-electron chi connectivity index (χ2n) is 5.42. The van der Waals surface area contributed by atoms with Gasteiger partial charge in [0, 0.05) is 5.41 Å². The lowest BCUT2D eigenvalue weighted by Gasteiger charge is -2.17. The quantitative estimate of drug-likeness (QED) is 0.850. The summed E-state index contributed by atoms with van der Waals surface area (Å²) < 4.78 is 5.42. The summed E-state index contributed by atoms with van der Waals surface area (Å²) in [5.41, 5.74) is 6.19. The topological polar surface area (TPSA) is 64.9 Å². The second-order valence-corrected chi connectivity index (χ2v) is 5.42. The van der Waals surface area contributed by atoms with E-state index in [-0.39, 0.29) is 11.0 Å². The van der Waals surface area contributed by atoms with Gasteiger partial charge in [-0.1, -0.05) is 24.9 Å². The van der Waals surface area contributed by atoms with Crippen molar-refractivity contribution in [2.75, 3.05) is 0 Å². The van der Waals surface area contributed by atoms with Crippen molar-refractivity contribution in [3.05, 3.63) is 11.7 Å². The molecule has 0 unspecified atom stereocenters. The molecule has 0 spiro atoms. The summed E-state index contributed by atoms with van der Waals surface area (Å²) in [4.78, 5) is 4.57. The highest BCUT2D eigenvalue weighted by Crippen LogP contribution is 2.50. The van der Waals surface area contributed by atoms with Crippen LogP contribution in [0.1, 0.15) is 63.6 Å². The van der Waals surface area contributed by atoms with E-state index in [4.69, 9.17) is 10.3 Å². The average Bonchev–Trinajstić information content (AvgIpc) is 2.75. The number of aromatic nitrogens is 2. The standard InChI is InChI=1S/C12H19N3O/c1-2-11(7-8-11)10-14-9(15-16-10)12(13)5-3-4-6-12/h2-8,13H2,1H3. The van der Waals surface area contributed by atoms with Gasteiger partial charge in [-0.15, -0.1) is 0 Å². The van der Waals surface area contributed by atoms with Gasteiger partial charge in [0.15, 0.2) is 5.82 Å². The maximum atomic E-state index is 6.31. The van der Waals surface area contributed by atoms with E-state index in [0.717, 1.165) is 31.0 Å². The molecule has 0 amide bonds. The minimum absolute atomic E-state index is 0.195. The third kappa shape index (κ3) is 1.39. The molecule has 0 saturated heterocycles. The molecular formula is C12H19N3O. The van der Waals surface area contributed by atoms with Crippen LogP contribution in [0.4, 0.5) is 0 Å². The van der Waals surface area contributed by atoms with Crippen molar-refractivity contribution < 1.29 is 4.52 Å². The summed E-state index contributed by atoms with van der Waals surface area (Å²) in [6.45, 7) is 2.19. The predicted molar refractivity (Wildman–Crippen MR) is 59.8 cm³/mol. The van der Waals surface area contributed by atoms with Crippen LogP contribution in [0.5, 0.6) is 0 Å². The van der Waals surface area contributed by atoms with Gasteiger partial charge in [0.1, 0.15) is 0 Å². The van der Waals surface area contributed by atoms with Crippen molar-refractivity contribution in [2.24, 2.45) is 5.73 Å². The van der Waals surface area contributed by atoms with Crippen LogP contribution in [-0.2, 0) is 11.0 Å². The maximum Gasteiger partial charge on any atom is 0.232 e. The van der Waals surface area contributed by atoms with Crippen LogP contribution >= 0.6 is 0 Å². The van der Waals surface area contributed by atoms with E-state index in [2.05, 4.69) is 17.1 Å². The molecule has 0 aromatic carbocycles. The Bertz CT molecular complexity index is 389. The maximum absolute atomic E-state index is 6.31. The Morgan fingerprint density at radius 2 is 1.94 bits per heavy atom. The van der Waals surface area contributed by atoms with Crippen LogP contribution in [0, 0.1) is 0 Å². The summed E-state index contributed by atoms with van der Waals surface area (Å²) in [6.07, 6.45) is 7.80. The molecule has 4 nitrogen and oxygen atoms in total. The van der Waals surface area contributed by atoms with Crippen LogP contribution in [0.3, 0.4) is 0 Å². The van der Waals surface area contributed by atoms with Gasteiger partial charge >= 0.3 is 0 Å². The summed E-state index contributed by atoms with van der Waals surface area (Å²) in [7, 11) is 0. The highest BCUT2D eigenvalue weighted by atomic mass is 16.5. The van der Waals surface area contributed by atoms with Crippen molar-refractivity contribution in [3.63, 3.8) is 0 Å². The summed E-state index contributed by atoms with van der Waals surface area (Å²) in [5, 5.41) is 4.11. The average molecular weight is 221 g/mol. The molecule has 0 bridgehead atoms. The zero-order valence-electron chi connectivity index (χ0n) is 9.83. The lowest BCUT2D eigenvalue weighted by atomic mass is 9.98. The van der Waals surface area contributed by atoms with E-state index < -0.39 is 0 Å². The van der Waals surface area contributed by atoms with E-state index in [0.29, 0.717) is 0 Å². The molecule has 0 radical (unpaired) electrons. The Balaban J connectivity index is 1.88. The fourth-order valence-corrected chi connectivity index (χ4v) is 2.74. The van der Waals surface area contributed by atoms with Crippen molar-refractivity contribution in [1.29, 1.82) is 0 Å². The summed E-state index contributed by atoms with van der Waals surface area (Å²) in [6, 6.07) is 0. The number of hydrogen-bond acceptors (Lipinski definition) is 4. The lowest BCUT2D eigenvalue weighted by Crippen LogP contribution is -2.34. The van der Waals surface area contributed by atoms with E-state index in [1.807, 2.05) is 0 Å². The number of nitrogens with two attached hydrogens (primary N) is 1. The number of nitrogens with zero attached hydrogens (tertiary/aromatic N) is 2. The molecule has 4 heteroatoms. The molecule has 2 aliphatic carbocycles. The van der Waals surface area contributed by atoms with Crippen molar-refractivity contribution in [1.82, 2.24) is 10.1 Å². The first-order chi connectivity index (χ1) is 7.69. The van der Waals surface area contributed by atoms with Gasteiger partial charge in [0.2, 0.25) is 5.89 Å². The monoisotopic (exact) mass is 221 g/mol. The number of hydrogen-bond donors (Lipinski definition) is 1. The smallest absolute Gasteiger partial charge is 0.232 e. The third-order valence-corrected chi connectivity index (χ3v) is 4.35. The van der Waals surface area contributed by atoms with E-state index in [1.54, 1.807) is 0 Å². The molecule has 2 aliphatic rings. The fourth-order valence-electron chi connectivity index (χ4n) is 2.74. The van der Waals surface area contributed by atoms with E-state index in [1.165, 1.54) is 25.7 Å². The Morgan fingerprint density at radius 1 is 1.25 bits per heavy atom. The van der Waals surface area contributed by atoms with Gasteiger partial charge in [-0.25, -0.2) is 0 Å². The molecular weight excluding hydrogens is 202 g/mol. The van der Waals surface area contributed by atoms with Crippen LogP contribution in [0.15, 0.2) is 4.52 Å². The van der Waals surface area contributed by atoms with Gasteiger partial charge in [0.25, 0.3) is 0 Å². The molecule has 0 aliphatic heterocycles. The van der Waals surface area contributed by atoms with Gasteiger partial charge in [0.05, 0.1) is 5.54 Å². The van der Waals surface area contributed by atoms with Crippen LogP contribution in [-0.4, -0.2) is 10.1 Å². The van der Waals surface area contributed by atoms with E-state index in [9.17, 15) is 0 Å². The Labute approximate surface area is 95.6 Å². The predicted octanol–water partition coefficient (Wildman–Crippen LogP) is 2.24. The molecule has 1 aromatic heterocycles. The number of rotatable bonds is 3. The first-order valence-corrected chi connectivity index (χ1v) is 6.32. The Kier molecular flexibility index (Phi) is 2.11. The molecule has 88 valence electrons. The van der Waals surface area contributed by atoms with Gasteiger partial charge in [-0.3, -0.25) is 0 Å². The highest BCUT2D eigenvalue weighted by molar-refractivity contribution is 5.17. The minimum Gasteiger partial charge on any atom is -0.339 e. The van der Waals surface area contributed by atoms with Gasteiger partial charge in [-0.2, -0.15) is 4.98 Å². The highest BCUT2D eigenvalue weighted by Gasteiger charge is 2.48. The van der Waals surface area contributed by atoms with Crippen molar-refractivity contribution in [3.8, 4) is 0 Å². The summed E-state index contributed by atoms with van der Waals surface area (Å²) >= 11 is 0. The van der Waals surface area contributed by atoms with Crippen molar-refractivity contribution in [2.45, 2.75) is 62.8 Å². The Hall–Kier alpha value is -0.900. The first-order valence-electron chi connectivity index (χ1n) is 6.32. The molecule has 1 heterocycles. The normalized spacial score (nSPS) is 25.9.